The highest BCUT2D eigenvalue weighted by Gasteiger charge is 2.26. The smallest absolute Gasteiger partial charge is 0.321 e. The summed E-state index contributed by atoms with van der Waals surface area (Å²) in [6.07, 6.45) is 0.848. The van der Waals surface area contributed by atoms with Gasteiger partial charge in [-0.3, -0.25) is 14.8 Å². The monoisotopic (exact) mass is 495 g/mol. The number of anilines is 2. The van der Waals surface area contributed by atoms with E-state index in [0.29, 0.717) is 43.5 Å². The Kier molecular flexibility index (Phi) is 8.24. The minimum atomic E-state index is -0.928. The van der Waals surface area contributed by atoms with Crippen LogP contribution in [0.15, 0.2) is 48.7 Å². The first-order chi connectivity index (χ1) is 17.5. The van der Waals surface area contributed by atoms with E-state index in [1.165, 1.54) is 12.1 Å². The zero-order valence-electron chi connectivity index (χ0n) is 20.6. The highest BCUT2D eigenvalue weighted by molar-refractivity contribution is 5.73. The second-order valence-electron chi connectivity index (χ2n) is 8.03. The molecule has 5 rings (SSSR count). The minimum absolute atomic E-state index is 0.116. The second-order valence-corrected chi connectivity index (χ2v) is 8.03. The van der Waals surface area contributed by atoms with Gasteiger partial charge < -0.3 is 14.8 Å². The molecule has 0 saturated carbocycles. The molecule has 3 aromatic heterocycles. The Labute approximate surface area is 208 Å². The van der Waals surface area contributed by atoms with Crippen LogP contribution in [0.5, 0.6) is 0 Å². The summed E-state index contributed by atoms with van der Waals surface area (Å²) in [5.41, 5.74) is 2.18. The van der Waals surface area contributed by atoms with E-state index in [1.54, 1.807) is 22.8 Å². The van der Waals surface area contributed by atoms with Crippen molar-refractivity contribution in [2.75, 3.05) is 38.2 Å². The molecular formula is C25H30FN7O3. The van der Waals surface area contributed by atoms with E-state index in [4.69, 9.17) is 9.47 Å². The molecule has 190 valence electrons. The van der Waals surface area contributed by atoms with Crippen molar-refractivity contribution in [2.24, 2.45) is 0 Å². The number of ether oxygens (including phenoxy) is 2. The summed E-state index contributed by atoms with van der Waals surface area (Å²) in [5, 5.41) is 14.9. The predicted octanol–water partition coefficient (Wildman–Crippen LogP) is 3.63. The van der Waals surface area contributed by atoms with Crippen LogP contribution in [0, 0.1) is 12.7 Å². The van der Waals surface area contributed by atoms with Crippen molar-refractivity contribution in [3.63, 3.8) is 0 Å². The number of fused-ring (bicyclic) bond motifs is 1. The molecule has 0 spiro atoms. The lowest BCUT2D eigenvalue weighted by atomic mass is 10.1. The van der Waals surface area contributed by atoms with Crippen molar-refractivity contribution in [1.82, 2.24) is 29.7 Å². The van der Waals surface area contributed by atoms with Gasteiger partial charge in [0.1, 0.15) is 11.3 Å². The lowest BCUT2D eigenvalue weighted by Gasteiger charge is -2.26. The maximum Gasteiger partial charge on any atom is 0.321 e. The Morgan fingerprint density at radius 2 is 1.97 bits per heavy atom. The molecule has 1 atom stereocenters. The molecule has 1 aromatic carbocycles. The van der Waals surface area contributed by atoms with Gasteiger partial charge in [-0.15, -0.1) is 5.10 Å². The quantitative estimate of drug-likeness (QED) is 0.374. The van der Waals surface area contributed by atoms with Gasteiger partial charge in [-0.2, -0.15) is 5.10 Å². The van der Waals surface area contributed by atoms with Crippen LogP contribution in [0.25, 0.3) is 5.52 Å². The number of rotatable bonds is 7. The fourth-order valence-electron chi connectivity index (χ4n) is 3.78. The maximum absolute atomic E-state index is 13.6. The van der Waals surface area contributed by atoms with Gasteiger partial charge in [0.2, 0.25) is 0 Å². The molecule has 4 aromatic rings. The van der Waals surface area contributed by atoms with Gasteiger partial charge in [-0.25, -0.2) is 13.9 Å². The number of nitrogens with one attached hydrogen (secondary N) is 2. The van der Waals surface area contributed by atoms with E-state index < -0.39 is 12.1 Å². The van der Waals surface area contributed by atoms with Gasteiger partial charge in [-0.1, -0.05) is 26.0 Å². The Bertz CT molecular complexity index is 1280. The number of aromatic nitrogens is 5. The van der Waals surface area contributed by atoms with E-state index in [1.807, 2.05) is 43.9 Å². The van der Waals surface area contributed by atoms with Crippen molar-refractivity contribution in [3.05, 3.63) is 71.6 Å². The molecule has 1 unspecified atom stereocenters. The van der Waals surface area contributed by atoms with Crippen LogP contribution in [0.1, 0.15) is 37.0 Å². The number of carbonyl (C=O) groups excluding carboxylic acids is 1. The fraction of sp³-hybridized carbons (Fsp3) is 0.360. The molecule has 1 aliphatic rings. The highest BCUT2D eigenvalue weighted by atomic mass is 19.1. The molecular weight excluding hydrogens is 465 g/mol. The number of H-pyrrole nitrogens is 1. The van der Waals surface area contributed by atoms with Crippen molar-refractivity contribution < 1.29 is 18.7 Å². The number of halogens is 1. The summed E-state index contributed by atoms with van der Waals surface area (Å²) in [6, 6.07) is 11.3. The first-order valence-corrected chi connectivity index (χ1v) is 11.9. The molecule has 36 heavy (non-hydrogen) atoms. The Morgan fingerprint density at radius 3 is 2.67 bits per heavy atom. The largest absolute Gasteiger partial charge is 0.448 e. The van der Waals surface area contributed by atoms with Crippen LogP contribution in [0.4, 0.5) is 16.0 Å². The van der Waals surface area contributed by atoms with E-state index in [2.05, 4.69) is 25.6 Å². The van der Waals surface area contributed by atoms with Gasteiger partial charge in [0.05, 0.1) is 19.8 Å². The fourth-order valence-corrected chi connectivity index (χ4v) is 3.78. The number of nitrogens with zero attached hydrogens (tertiary/aromatic N) is 5. The molecule has 1 saturated heterocycles. The SMILES string of the molecule is CC.Cc1cc(Nc2nc(C(OC(=O)CN3CCOCC3)c3ccc(F)cc3)nn3cccc23)n[nH]1. The highest BCUT2D eigenvalue weighted by Crippen LogP contribution is 2.27. The van der Waals surface area contributed by atoms with Crippen LogP contribution in [0.3, 0.4) is 0 Å². The summed E-state index contributed by atoms with van der Waals surface area (Å²) >= 11 is 0. The maximum atomic E-state index is 13.6. The molecule has 0 bridgehead atoms. The first-order valence-electron chi connectivity index (χ1n) is 11.9. The molecule has 0 aliphatic carbocycles. The van der Waals surface area contributed by atoms with E-state index in [9.17, 15) is 9.18 Å². The predicted molar refractivity (Wildman–Crippen MR) is 133 cm³/mol. The average molecular weight is 496 g/mol. The van der Waals surface area contributed by atoms with Gasteiger partial charge in [0.15, 0.2) is 23.6 Å². The third kappa shape index (κ3) is 6.04. The number of benzene rings is 1. The van der Waals surface area contributed by atoms with Gasteiger partial charge >= 0.3 is 5.97 Å². The Morgan fingerprint density at radius 1 is 1.22 bits per heavy atom. The summed E-state index contributed by atoms with van der Waals surface area (Å²) in [4.78, 5) is 19.5. The number of aryl methyl sites for hydroxylation is 1. The molecule has 11 heteroatoms. The summed E-state index contributed by atoms with van der Waals surface area (Å²) in [6.45, 7) is 8.46. The molecule has 4 heterocycles. The summed E-state index contributed by atoms with van der Waals surface area (Å²) in [5.74, 6) is 0.524. The van der Waals surface area contributed by atoms with E-state index in [-0.39, 0.29) is 18.2 Å². The number of morpholine rings is 1. The molecule has 10 nitrogen and oxygen atoms in total. The van der Waals surface area contributed by atoms with Crippen LogP contribution >= 0.6 is 0 Å². The minimum Gasteiger partial charge on any atom is -0.448 e. The molecule has 0 amide bonds. The normalized spacial score (nSPS) is 14.7. The lowest BCUT2D eigenvalue weighted by molar-refractivity contribution is -0.150. The lowest BCUT2D eigenvalue weighted by Crippen LogP contribution is -2.40. The topological polar surface area (TPSA) is 110 Å². The van der Waals surface area contributed by atoms with E-state index >= 15 is 0 Å². The van der Waals surface area contributed by atoms with Crippen molar-refractivity contribution >= 4 is 23.1 Å². The molecule has 1 aliphatic heterocycles. The number of carbonyl (C=O) groups is 1. The number of hydrogen-bond donors (Lipinski definition) is 2. The van der Waals surface area contributed by atoms with Crippen LogP contribution in [-0.4, -0.2) is 68.5 Å². The standard InChI is InChI=1S/C23H24FN7O3.C2H6/c1-15-13-19(28-27-15)25-22-18-3-2-8-31(18)29-23(26-22)21(16-4-6-17(24)7-5-16)34-20(32)14-30-9-11-33-12-10-30;1-2/h2-8,13,21H,9-12,14H2,1H3,(H2,25,26,27,28,29);1-2H3. The Hall–Kier alpha value is -3.83. The average Bonchev–Trinajstić information content (AvgIpc) is 3.54. The van der Waals surface area contributed by atoms with Gasteiger partial charge in [0.25, 0.3) is 0 Å². The Balaban J connectivity index is 0.00000148. The molecule has 0 radical (unpaired) electrons. The van der Waals surface area contributed by atoms with Gasteiger partial charge in [-0.05, 0) is 31.2 Å². The van der Waals surface area contributed by atoms with Gasteiger partial charge in [0, 0.05) is 36.6 Å². The number of aromatic amines is 1. The third-order valence-electron chi connectivity index (χ3n) is 5.47. The zero-order valence-corrected chi connectivity index (χ0v) is 20.6. The van der Waals surface area contributed by atoms with Crippen LogP contribution in [-0.2, 0) is 14.3 Å². The molecule has 2 N–H and O–H groups in total. The number of esters is 1. The molecule has 1 fully saturated rings. The second kappa shape index (κ2) is 11.7. The summed E-state index contributed by atoms with van der Waals surface area (Å²) < 4.78 is 26.5. The number of hydrogen-bond acceptors (Lipinski definition) is 8. The first kappa shape index (κ1) is 25.3. The zero-order chi connectivity index (χ0) is 25.5. The van der Waals surface area contributed by atoms with E-state index in [0.717, 1.165) is 11.2 Å². The van der Waals surface area contributed by atoms with Crippen molar-refractivity contribution in [1.29, 1.82) is 0 Å². The van der Waals surface area contributed by atoms with Crippen LogP contribution in [0.2, 0.25) is 0 Å². The summed E-state index contributed by atoms with van der Waals surface area (Å²) in [7, 11) is 0. The van der Waals surface area contributed by atoms with Crippen molar-refractivity contribution in [3.8, 4) is 0 Å². The third-order valence-corrected chi connectivity index (χ3v) is 5.47. The van der Waals surface area contributed by atoms with Crippen molar-refractivity contribution in [2.45, 2.75) is 26.9 Å². The van der Waals surface area contributed by atoms with Crippen LogP contribution < -0.4 is 5.32 Å².